The van der Waals surface area contributed by atoms with Gasteiger partial charge in [-0.05, 0) is 67.9 Å². The van der Waals surface area contributed by atoms with Gasteiger partial charge in [0, 0.05) is 79.2 Å². The Labute approximate surface area is 245 Å². The highest BCUT2D eigenvalue weighted by Crippen LogP contribution is 2.30. The summed E-state index contributed by atoms with van der Waals surface area (Å²) in [6.07, 6.45) is 1.82. The lowest BCUT2D eigenvalue weighted by molar-refractivity contribution is -0.112. The molecule has 1 aliphatic rings. The molecule has 0 bridgehead atoms. The standard InChI is InChI=1S/C32H34ClN5O3/c1-22-18-23(2)34-30(19-22)37-14-12-36(13-15-37)26-10-8-25(9-11-26)35-32(40)31(39)29-20-24(21-38(29)16-17-41-3)27-6-4-5-7-28(27)33/h4-11,18-21H,12-17H2,1-3H3,(H,35,40). The molecule has 1 aliphatic heterocycles. The van der Waals surface area contributed by atoms with Gasteiger partial charge < -0.3 is 24.4 Å². The molecule has 5 rings (SSSR count). The van der Waals surface area contributed by atoms with E-state index < -0.39 is 11.7 Å². The lowest BCUT2D eigenvalue weighted by atomic mass is 10.1. The fourth-order valence-electron chi connectivity index (χ4n) is 5.15. The first-order valence-corrected chi connectivity index (χ1v) is 14.0. The Morgan fingerprint density at radius 1 is 0.951 bits per heavy atom. The number of hydrogen-bond donors (Lipinski definition) is 1. The van der Waals surface area contributed by atoms with Crippen LogP contribution in [-0.2, 0) is 16.1 Å². The van der Waals surface area contributed by atoms with Gasteiger partial charge in [-0.15, -0.1) is 0 Å². The highest BCUT2D eigenvalue weighted by molar-refractivity contribution is 6.46. The highest BCUT2D eigenvalue weighted by atomic mass is 35.5. The monoisotopic (exact) mass is 571 g/mol. The van der Waals surface area contributed by atoms with Gasteiger partial charge in [0.05, 0.1) is 12.3 Å². The van der Waals surface area contributed by atoms with E-state index in [9.17, 15) is 9.59 Å². The molecule has 0 aliphatic carbocycles. The largest absolute Gasteiger partial charge is 0.383 e. The molecular weight excluding hydrogens is 538 g/mol. The SMILES string of the molecule is COCCn1cc(-c2ccccc2Cl)cc1C(=O)C(=O)Nc1ccc(N2CCN(c3cc(C)cc(C)n3)CC2)cc1. The first kappa shape index (κ1) is 28.4. The van der Waals surface area contributed by atoms with Gasteiger partial charge in [0.25, 0.3) is 11.7 Å². The predicted octanol–water partition coefficient (Wildman–Crippen LogP) is 5.61. The van der Waals surface area contributed by atoms with Crippen LogP contribution >= 0.6 is 11.6 Å². The van der Waals surface area contributed by atoms with Crippen LogP contribution in [0.2, 0.25) is 5.02 Å². The summed E-state index contributed by atoms with van der Waals surface area (Å²) in [5.41, 5.74) is 5.72. The van der Waals surface area contributed by atoms with E-state index >= 15 is 0 Å². The van der Waals surface area contributed by atoms with Crippen LogP contribution in [0.4, 0.5) is 17.2 Å². The van der Waals surface area contributed by atoms with Gasteiger partial charge in [0.1, 0.15) is 5.82 Å². The number of rotatable bonds is 9. The van der Waals surface area contributed by atoms with Gasteiger partial charge in [-0.3, -0.25) is 9.59 Å². The fourth-order valence-corrected chi connectivity index (χ4v) is 5.40. The summed E-state index contributed by atoms with van der Waals surface area (Å²) in [6, 6.07) is 20.9. The highest BCUT2D eigenvalue weighted by Gasteiger charge is 2.23. The number of amides is 1. The number of nitrogens with zero attached hydrogens (tertiary/aromatic N) is 4. The van der Waals surface area contributed by atoms with Crippen LogP contribution in [0.1, 0.15) is 21.7 Å². The predicted molar refractivity (Wildman–Crippen MR) is 164 cm³/mol. The number of anilines is 3. The van der Waals surface area contributed by atoms with Crippen LogP contribution in [0.25, 0.3) is 11.1 Å². The van der Waals surface area contributed by atoms with E-state index in [0.29, 0.717) is 23.9 Å². The van der Waals surface area contributed by atoms with Crippen molar-refractivity contribution in [3.8, 4) is 11.1 Å². The molecule has 2 aromatic carbocycles. The zero-order chi connectivity index (χ0) is 28.9. The second kappa shape index (κ2) is 12.6. The zero-order valence-corrected chi connectivity index (χ0v) is 24.3. The fraction of sp³-hybridized carbons (Fsp3) is 0.281. The molecule has 9 heteroatoms. The third-order valence-corrected chi connectivity index (χ3v) is 7.56. The van der Waals surface area contributed by atoms with Gasteiger partial charge in [-0.25, -0.2) is 4.98 Å². The van der Waals surface area contributed by atoms with E-state index in [-0.39, 0.29) is 5.69 Å². The smallest absolute Gasteiger partial charge is 0.298 e. The maximum absolute atomic E-state index is 13.2. The van der Waals surface area contributed by atoms with E-state index in [4.69, 9.17) is 21.3 Å². The van der Waals surface area contributed by atoms with Gasteiger partial charge in [0.15, 0.2) is 0 Å². The van der Waals surface area contributed by atoms with Gasteiger partial charge in [-0.2, -0.15) is 0 Å². The van der Waals surface area contributed by atoms with Crippen molar-refractivity contribution in [1.29, 1.82) is 0 Å². The summed E-state index contributed by atoms with van der Waals surface area (Å²) >= 11 is 6.38. The lowest BCUT2D eigenvalue weighted by Crippen LogP contribution is -2.46. The van der Waals surface area contributed by atoms with Crippen LogP contribution in [0.3, 0.4) is 0 Å². The number of ketones is 1. The Hall–Kier alpha value is -4.14. The number of aromatic nitrogens is 2. The molecule has 2 aromatic heterocycles. The second-order valence-electron chi connectivity index (χ2n) is 10.2. The van der Waals surface area contributed by atoms with Crippen molar-refractivity contribution in [3.05, 3.63) is 94.9 Å². The van der Waals surface area contributed by atoms with Crippen LogP contribution in [0.15, 0.2) is 72.9 Å². The molecule has 4 aromatic rings. The Morgan fingerprint density at radius 2 is 1.66 bits per heavy atom. The number of carbonyl (C=O) groups excluding carboxylic acids is 2. The Morgan fingerprint density at radius 3 is 2.34 bits per heavy atom. The summed E-state index contributed by atoms with van der Waals surface area (Å²) in [6.45, 7) is 8.43. The topological polar surface area (TPSA) is 79.7 Å². The first-order valence-electron chi connectivity index (χ1n) is 13.7. The zero-order valence-electron chi connectivity index (χ0n) is 23.6. The van der Waals surface area contributed by atoms with Crippen molar-refractivity contribution in [1.82, 2.24) is 9.55 Å². The van der Waals surface area contributed by atoms with Gasteiger partial charge in [0.2, 0.25) is 0 Å². The summed E-state index contributed by atoms with van der Waals surface area (Å²) in [5.74, 6) is -0.299. The minimum Gasteiger partial charge on any atom is -0.383 e. The number of halogens is 1. The lowest BCUT2D eigenvalue weighted by Gasteiger charge is -2.37. The molecule has 0 atom stereocenters. The Balaban J connectivity index is 1.23. The van der Waals surface area contributed by atoms with Crippen molar-refractivity contribution in [2.24, 2.45) is 0 Å². The summed E-state index contributed by atoms with van der Waals surface area (Å²) in [4.78, 5) is 35.6. The van der Waals surface area contributed by atoms with Crippen LogP contribution < -0.4 is 15.1 Å². The normalized spacial score (nSPS) is 13.4. The van der Waals surface area contributed by atoms with Crippen molar-refractivity contribution in [3.63, 3.8) is 0 Å². The van der Waals surface area contributed by atoms with Crippen molar-refractivity contribution in [2.75, 3.05) is 55.0 Å². The molecule has 0 saturated carbocycles. The van der Waals surface area contributed by atoms with Crippen molar-refractivity contribution in [2.45, 2.75) is 20.4 Å². The minimum atomic E-state index is -0.699. The quantitative estimate of drug-likeness (QED) is 0.208. The second-order valence-corrected chi connectivity index (χ2v) is 10.6. The third kappa shape index (κ3) is 6.61. The maximum atomic E-state index is 13.2. The van der Waals surface area contributed by atoms with E-state index in [1.807, 2.05) is 55.6 Å². The molecule has 1 N–H and O–H groups in total. The minimum absolute atomic E-state index is 0.280. The van der Waals surface area contributed by atoms with Crippen LogP contribution in [0, 0.1) is 13.8 Å². The molecular formula is C32H34ClN5O3. The molecule has 0 radical (unpaired) electrons. The molecule has 1 fully saturated rings. The summed E-state index contributed by atoms with van der Waals surface area (Å²) in [7, 11) is 1.60. The van der Waals surface area contributed by atoms with E-state index in [1.54, 1.807) is 23.8 Å². The molecule has 8 nitrogen and oxygen atoms in total. The number of nitrogens with one attached hydrogen (secondary N) is 1. The number of Topliss-reactive ketones (excluding diaryl/α,β-unsaturated/α-hetero) is 1. The summed E-state index contributed by atoms with van der Waals surface area (Å²) < 4.78 is 6.94. The number of aryl methyl sites for hydroxylation is 2. The van der Waals surface area contributed by atoms with E-state index in [1.165, 1.54) is 5.56 Å². The van der Waals surface area contributed by atoms with Gasteiger partial charge in [-0.1, -0.05) is 29.8 Å². The number of benzene rings is 2. The molecule has 1 amide bonds. The molecule has 0 spiro atoms. The number of ether oxygens (including phenoxy) is 1. The molecule has 3 heterocycles. The molecule has 1 saturated heterocycles. The average molecular weight is 572 g/mol. The Bertz CT molecular complexity index is 1520. The van der Waals surface area contributed by atoms with Crippen LogP contribution in [0.5, 0.6) is 0 Å². The molecule has 212 valence electrons. The molecule has 0 unspecified atom stereocenters. The van der Waals surface area contributed by atoms with Gasteiger partial charge >= 0.3 is 0 Å². The number of pyridine rings is 1. The number of hydrogen-bond acceptors (Lipinski definition) is 6. The van der Waals surface area contributed by atoms with Crippen molar-refractivity contribution < 1.29 is 14.3 Å². The average Bonchev–Trinajstić information content (AvgIpc) is 3.39. The Kier molecular flexibility index (Phi) is 8.71. The molecule has 41 heavy (non-hydrogen) atoms. The number of methoxy groups -OCH3 is 1. The third-order valence-electron chi connectivity index (χ3n) is 7.23. The van der Waals surface area contributed by atoms with Crippen molar-refractivity contribution >= 4 is 40.5 Å². The number of carbonyl (C=O) groups is 2. The van der Waals surface area contributed by atoms with E-state index in [2.05, 4.69) is 34.2 Å². The number of piperazine rings is 1. The maximum Gasteiger partial charge on any atom is 0.298 e. The van der Waals surface area contributed by atoms with E-state index in [0.717, 1.165) is 54.5 Å². The summed E-state index contributed by atoms with van der Waals surface area (Å²) in [5, 5.41) is 3.33. The van der Waals surface area contributed by atoms with Crippen LogP contribution in [-0.4, -0.2) is 61.1 Å². The first-order chi connectivity index (χ1) is 19.8.